The molecule has 0 aliphatic rings. The highest BCUT2D eigenvalue weighted by atomic mass is 19.3. The predicted octanol–water partition coefficient (Wildman–Crippen LogP) is 4.17. The number of rotatable bonds is 4. The molecule has 0 fully saturated rings. The van der Waals surface area contributed by atoms with Crippen LogP contribution in [0, 0.1) is 5.82 Å². The second-order valence-corrected chi connectivity index (χ2v) is 4.24. The molecule has 2 aromatic rings. The maximum atomic E-state index is 14.0. The molecule has 0 aliphatic carbocycles. The largest absolute Gasteiger partial charge is 0.497 e. The highest BCUT2D eigenvalue weighted by Crippen LogP contribution is 2.32. The number of hydrogen-bond donors (Lipinski definition) is 0. The lowest BCUT2D eigenvalue weighted by Crippen LogP contribution is -2.16. The quantitative estimate of drug-likeness (QED) is 0.807. The number of benzene rings is 2. The zero-order chi connectivity index (χ0) is 13.9. The fourth-order valence-electron chi connectivity index (χ4n) is 1.80. The zero-order valence-corrected chi connectivity index (χ0v) is 10.4. The molecule has 0 atom stereocenters. The minimum Gasteiger partial charge on any atom is -0.497 e. The summed E-state index contributed by atoms with van der Waals surface area (Å²) in [6.45, 7) is 0. The molecule has 4 heteroatoms. The molecule has 0 bridgehead atoms. The number of ether oxygens (including phenoxy) is 1. The highest BCUT2D eigenvalue weighted by Gasteiger charge is 2.31. The molecular formula is C15H13F3O. The van der Waals surface area contributed by atoms with E-state index in [0.717, 1.165) is 24.3 Å². The van der Waals surface area contributed by atoms with E-state index in [1.54, 1.807) is 24.3 Å². The predicted molar refractivity (Wildman–Crippen MR) is 67.0 cm³/mol. The van der Waals surface area contributed by atoms with Crippen molar-refractivity contribution in [2.24, 2.45) is 0 Å². The average molecular weight is 266 g/mol. The molecule has 0 aliphatic heterocycles. The first-order valence-electron chi connectivity index (χ1n) is 5.78. The van der Waals surface area contributed by atoms with Crippen molar-refractivity contribution in [3.63, 3.8) is 0 Å². The third-order valence-corrected chi connectivity index (χ3v) is 2.85. The Morgan fingerprint density at radius 1 is 0.947 bits per heavy atom. The fraction of sp³-hybridized carbons (Fsp3) is 0.200. The van der Waals surface area contributed by atoms with Gasteiger partial charge in [0.15, 0.2) is 0 Å². The number of alkyl halides is 2. The van der Waals surface area contributed by atoms with Crippen LogP contribution in [-0.2, 0) is 12.3 Å². The van der Waals surface area contributed by atoms with E-state index in [0.29, 0.717) is 11.3 Å². The molecule has 0 heterocycles. The first kappa shape index (κ1) is 13.5. The second kappa shape index (κ2) is 5.34. The zero-order valence-electron chi connectivity index (χ0n) is 10.4. The molecule has 100 valence electrons. The number of halogens is 3. The van der Waals surface area contributed by atoms with Crippen molar-refractivity contribution in [2.45, 2.75) is 12.3 Å². The SMILES string of the molecule is COc1ccc(CC(F)(F)c2ccc(F)cc2)cc1. The standard InChI is InChI=1S/C15H13F3O/c1-19-14-8-2-11(3-9-14)10-15(17,18)12-4-6-13(16)7-5-12/h2-9H,10H2,1H3. The van der Waals surface area contributed by atoms with Crippen LogP contribution in [0.4, 0.5) is 13.2 Å². The highest BCUT2D eigenvalue weighted by molar-refractivity contribution is 5.30. The van der Waals surface area contributed by atoms with Crippen LogP contribution < -0.4 is 4.74 Å². The summed E-state index contributed by atoms with van der Waals surface area (Å²) in [6.07, 6.45) is -0.428. The Morgan fingerprint density at radius 2 is 1.53 bits per heavy atom. The van der Waals surface area contributed by atoms with Crippen LogP contribution in [0.5, 0.6) is 5.75 Å². The van der Waals surface area contributed by atoms with Crippen LogP contribution in [0.3, 0.4) is 0 Å². The van der Waals surface area contributed by atoms with Crippen molar-refractivity contribution < 1.29 is 17.9 Å². The molecule has 0 saturated carbocycles. The first-order chi connectivity index (χ1) is 9.01. The van der Waals surface area contributed by atoms with Crippen LogP contribution in [-0.4, -0.2) is 7.11 Å². The molecule has 0 unspecified atom stereocenters. The summed E-state index contributed by atoms with van der Waals surface area (Å²) in [7, 11) is 1.52. The van der Waals surface area contributed by atoms with Gasteiger partial charge < -0.3 is 4.74 Å². The second-order valence-electron chi connectivity index (χ2n) is 4.24. The molecule has 0 amide bonds. The van der Waals surface area contributed by atoms with Gasteiger partial charge in [-0.15, -0.1) is 0 Å². The van der Waals surface area contributed by atoms with Crippen molar-refractivity contribution in [1.29, 1.82) is 0 Å². The summed E-state index contributed by atoms with van der Waals surface area (Å²) < 4.78 is 45.7. The lowest BCUT2D eigenvalue weighted by molar-refractivity contribution is -0.00388. The summed E-state index contributed by atoms with van der Waals surface area (Å²) in [4.78, 5) is 0. The van der Waals surface area contributed by atoms with E-state index >= 15 is 0 Å². The Bertz CT molecular complexity index is 532. The van der Waals surface area contributed by atoms with Crippen LogP contribution in [0.1, 0.15) is 11.1 Å². The van der Waals surface area contributed by atoms with Crippen molar-refractivity contribution in [3.05, 3.63) is 65.5 Å². The van der Waals surface area contributed by atoms with Gasteiger partial charge in [0.05, 0.1) is 7.11 Å². The van der Waals surface area contributed by atoms with Crippen LogP contribution in [0.2, 0.25) is 0 Å². The summed E-state index contributed by atoms with van der Waals surface area (Å²) in [5, 5.41) is 0. The molecule has 2 rings (SSSR count). The molecular weight excluding hydrogens is 253 g/mol. The van der Waals surface area contributed by atoms with Crippen LogP contribution in [0.15, 0.2) is 48.5 Å². The summed E-state index contributed by atoms with van der Waals surface area (Å²) in [5.74, 6) is -2.93. The van der Waals surface area contributed by atoms with E-state index in [1.165, 1.54) is 7.11 Å². The molecule has 2 aromatic carbocycles. The molecule has 0 saturated heterocycles. The molecule has 0 aromatic heterocycles. The van der Waals surface area contributed by atoms with E-state index in [4.69, 9.17) is 4.74 Å². The van der Waals surface area contributed by atoms with Gasteiger partial charge in [0.2, 0.25) is 0 Å². The fourth-order valence-corrected chi connectivity index (χ4v) is 1.80. The Balaban J connectivity index is 2.17. The third kappa shape index (κ3) is 3.28. The van der Waals surface area contributed by atoms with Gasteiger partial charge in [0.25, 0.3) is 5.92 Å². The minimum absolute atomic E-state index is 0.190. The van der Waals surface area contributed by atoms with Gasteiger partial charge >= 0.3 is 0 Å². The molecule has 0 spiro atoms. The Hall–Kier alpha value is -1.97. The Kier molecular flexibility index (Phi) is 3.79. The molecule has 0 radical (unpaired) electrons. The maximum absolute atomic E-state index is 14.0. The van der Waals surface area contributed by atoms with Gasteiger partial charge in [-0.2, -0.15) is 0 Å². The van der Waals surface area contributed by atoms with Gasteiger partial charge in [-0.25, -0.2) is 13.2 Å². The summed E-state index contributed by atoms with van der Waals surface area (Å²) >= 11 is 0. The monoisotopic (exact) mass is 266 g/mol. The minimum atomic E-state index is -3.03. The normalized spacial score (nSPS) is 11.4. The van der Waals surface area contributed by atoms with E-state index in [9.17, 15) is 13.2 Å². The van der Waals surface area contributed by atoms with Crippen molar-refractivity contribution in [2.75, 3.05) is 7.11 Å². The van der Waals surface area contributed by atoms with E-state index < -0.39 is 18.2 Å². The van der Waals surface area contributed by atoms with Gasteiger partial charge in [-0.1, -0.05) is 24.3 Å². The molecule has 1 nitrogen and oxygen atoms in total. The smallest absolute Gasteiger partial charge is 0.277 e. The van der Waals surface area contributed by atoms with Crippen molar-refractivity contribution in [1.82, 2.24) is 0 Å². The lowest BCUT2D eigenvalue weighted by atomic mass is 10.0. The number of hydrogen-bond acceptors (Lipinski definition) is 1. The first-order valence-corrected chi connectivity index (χ1v) is 5.78. The van der Waals surface area contributed by atoms with E-state index in [2.05, 4.69) is 0 Å². The van der Waals surface area contributed by atoms with Crippen molar-refractivity contribution in [3.8, 4) is 5.75 Å². The van der Waals surface area contributed by atoms with E-state index in [-0.39, 0.29) is 5.56 Å². The van der Waals surface area contributed by atoms with Crippen LogP contribution >= 0.6 is 0 Å². The topological polar surface area (TPSA) is 9.23 Å². The summed E-state index contributed by atoms with van der Waals surface area (Å²) in [5.41, 5.74) is 0.305. The third-order valence-electron chi connectivity index (χ3n) is 2.85. The maximum Gasteiger partial charge on any atom is 0.277 e. The average Bonchev–Trinajstić information content (AvgIpc) is 2.40. The molecule has 19 heavy (non-hydrogen) atoms. The summed E-state index contributed by atoms with van der Waals surface area (Å²) in [6, 6.07) is 10.8. The van der Waals surface area contributed by atoms with Gasteiger partial charge in [0, 0.05) is 12.0 Å². The lowest BCUT2D eigenvalue weighted by Gasteiger charge is -2.17. The van der Waals surface area contributed by atoms with Gasteiger partial charge in [-0.05, 0) is 29.8 Å². The van der Waals surface area contributed by atoms with Gasteiger partial charge in [-0.3, -0.25) is 0 Å². The Labute approximate surface area is 109 Å². The van der Waals surface area contributed by atoms with Crippen molar-refractivity contribution >= 4 is 0 Å². The Morgan fingerprint density at radius 3 is 2.05 bits per heavy atom. The van der Waals surface area contributed by atoms with Crippen LogP contribution in [0.25, 0.3) is 0 Å². The molecule has 0 N–H and O–H groups in total. The number of methoxy groups -OCH3 is 1. The van der Waals surface area contributed by atoms with E-state index in [1.807, 2.05) is 0 Å². The van der Waals surface area contributed by atoms with Gasteiger partial charge in [0.1, 0.15) is 11.6 Å².